The van der Waals surface area contributed by atoms with Crippen molar-refractivity contribution < 1.29 is 19.4 Å². The molecule has 0 saturated heterocycles. The van der Waals surface area contributed by atoms with Crippen LogP contribution in [-0.2, 0) is 4.79 Å². The number of aromatic hydroxyl groups is 1. The fourth-order valence-electron chi connectivity index (χ4n) is 3.61. The van der Waals surface area contributed by atoms with Crippen molar-refractivity contribution in [2.24, 2.45) is 5.92 Å². The summed E-state index contributed by atoms with van der Waals surface area (Å²) in [6.45, 7) is 4.74. The summed E-state index contributed by atoms with van der Waals surface area (Å²) in [4.78, 5) is 12.7. The highest BCUT2D eigenvalue weighted by molar-refractivity contribution is 5.94. The number of ether oxygens (including phenoxy) is 2. The van der Waals surface area contributed by atoms with Crippen LogP contribution in [0.25, 0.3) is 10.8 Å². The van der Waals surface area contributed by atoms with Crippen LogP contribution in [0.15, 0.2) is 54.6 Å². The minimum Gasteiger partial charge on any atom is -0.507 e. The predicted molar refractivity (Wildman–Crippen MR) is 119 cm³/mol. The zero-order valence-electron chi connectivity index (χ0n) is 17.9. The molecule has 0 bridgehead atoms. The van der Waals surface area contributed by atoms with Crippen LogP contribution >= 0.6 is 0 Å². The molecule has 1 amide bonds. The Morgan fingerprint density at radius 2 is 1.70 bits per heavy atom. The summed E-state index contributed by atoms with van der Waals surface area (Å²) < 4.78 is 10.7. The predicted octanol–water partition coefficient (Wildman–Crippen LogP) is 4.86. The standard InChI is InChI=1S/C25H29NO4/c1-16(2)15-26-24(27)14-22(17-8-10-18(29-3)11-9-17)21-13-12-19-20(25(21)28)6-5-7-23(19)30-4/h5-13,16,22,28H,14-15H2,1-4H3,(H,26,27). The van der Waals surface area contributed by atoms with Gasteiger partial charge in [-0.1, -0.05) is 50.2 Å². The van der Waals surface area contributed by atoms with E-state index in [0.717, 1.165) is 16.7 Å². The number of nitrogens with one attached hydrogen (secondary N) is 1. The van der Waals surface area contributed by atoms with Crippen molar-refractivity contribution in [3.63, 3.8) is 0 Å². The smallest absolute Gasteiger partial charge is 0.220 e. The number of hydrogen-bond donors (Lipinski definition) is 2. The first-order valence-corrected chi connectivity index (χ1v) is 10.1. The molecule has 3 rings (SSSR count). The Bertz CT molecular complexity index is 1010. The maximum atomic E-state index is 12.7. The highest BCUT2D eigenvalue weighted by atomic mass is 16.5. The Labute approximate surface area is 177 Å². The highest BCUT2D eigenvalue weighted by Gasteiger charge is 2.23. The van der Waals surface area contributed by atoms with Crippen molar-refractivity contribution in [1.29, 1.82) is 0 Å². The molecular weight excluding hydrogens is 378 g/mol. The molecule has 0 spiro atoms. The molecule has 1 unspecified atom stereocenters. The van der Waals surface area contributed by atoms with Gasteiger partial charge in [0, 0.05) is 35.2 Å². The van der Waals surface area contributed by atoms with E-state index in [9.17, 15) is 9.90 Å². The summed E-state index contributed by atoms with van der Waals surface area (Å²) in [5, 5.41) is 15.6. The van der Waals surface area contributed by atoms with Gasteiger partial charge in [-0.15, -0.1) is 0 Å². The van der Waals surface area contributed by atoms with Crippen molar-refractivity contribution in [2.45, 2.75) is 26.2 Å². The molecule has 5 heteroatoms. The molecule has 0 aliphatic heterocycles. The number of hydrogen-bond acceptors (Lipinski definition) is 4. The van der Waals surface area contributed by atoms with Crippen molar-refractivity contribution in [2.75, 3.05) is 20.8 Å². The molecule has 0 aliphatic carbocycles. The van der Waals surface area contributed by atoms with E-state index >= 15 is 0 Å². The number of carbonyl (C=O) groups excluding carboxylic acids is 1. The first kappa shape index (κ1) is 21.5. The maximum Gasteiger partial charge on any atom is 0.220 e. The number of rotatable bonds is 8. The van der Waals surface area contributed by atoms with Gasteiger partial charge in [0.05, 0.1) is 14.2 Å². The lowest BCUT2D eigenvalue weighted by atomic mass is 9.86. The quantitative estimate of drug-likeness (QED) is 0.560. The average molecular weight is 408 g/mol. The van der Waals surface area contributed by atoms with Gasteiger partial charge in [0.15, 0.2) is 0 Å². The Morgan fingerprint density at radius 3 is 2.33 bits per heavy atom. The number of benzene rings is 3. The minimum atomic E-state index is -0.293. The second kappa shape index (κ2) is 9.53. The Hall–Kier alpha value is -3.21. The van der Waals surface area contributed by atoms with Crippen LogP contribution in [0.2, 0.25) is 0 Å². The van der Waals surface area contributed by atoms with Crippen molar-refractivity contribution in [3.8, 4) is 17.2 Å². The highest BCUT2D eigenvalue weighted by Crippen LogP contribution is 2.41. The summed E-state index contributed by atoms with van der Waals surface area (Å²) in [7, 11) is 3.23. The molecule has 0 aliphatic rings. The normalized spacial score (nSPS) is 12.0. The van der Waals surface area contributed by atoms with Crippen LogP contribution in [-0.4, -0.2) is 31.8 Å². The third kappa shape index (κ3) is 4.67. The second-order valence-corrected chi connectivity index (χ2v) is 7.79. The number of carbonyl (C=O) groups is 1. The van der Waals surface area contributed by atoms with Crippen LogP contribution in [0.3, 0.4) is 0 Å². The molecule has 3 aromatic carbocycles. The van der Waals surface area contributed by atoms with Gasteiger partial charge in [-0.25, -0.2) is 0 Å². The number of phenols is 1. The topological polar surface area (TPSA) is 67.8 Å². The first-order valence-electron chi connectivity index (χ1n) is 10.1. The van der Waals surface area contributed by atoms with Crippen molar-refractivity contribution >= 4 is 16.7 Å². The molecular formula is C25H29NO4. The summed E-state index contributed by atoms with van der Waals surface area (Å²) in [6, 6.07) is 17.0. The van der Waals surface area contributed by atoms with Gasteiger partial charge in [0.1, 0.15) is 17.2 Å². The van der Waals surface area contributed by atoms with Gasteiger partial charge in [-0.2, -0.15) is 0 Å². The molecule has 0 aromatic heterocycles. The third-order valence-corrected chi connectivity index (χ3v) is 5.23. The lowest BCUT2D eigenvalue weighted by molar-refractivity contribution is -0.121. The van der Waals surface area contributed by atoms with Crippen LogP contribution in [0.1, 0.15) is 37.3 Å². The fraction of sp³-hybridized carbons (Fsp3) is 0.320. The zero-order chi connectivity index (χ0) is 21.7. The molecule has 5 nitrogen and oxygen atoms in total. The first-order chi connectivity index (χ1) is 14.4. The van der Waals surface area contributed by atoms with Gasteiger partial charge in [-0.3, -0.25) is 4.79 Å². The van der Waals surface area contributed by atoms with E-state index in [4.69, 9.17) is 9.47 Å². The molecule has 158 valence electrons. The molecule has 0 heterocycles. The minimum absolute atomic E-state index is 0.0466. The molecule has 3 aromatic rings. The third-order valence-electron chi connectivity index (χ3n) is 5.23. The van der Waals surface area contributed by atoms with Gasteiger partial charge in [0.25, 0.3) is 0 Å². The summed E-state index contributed by atoms with van der Waals surface area (Å²) in [6.07, 6.45) is 0.238. The van der Waals surface area contributed by atoms with Crippen LogP contribution in [0.4, 0.5) is 0 Å². The molecule has 2 N–H and O–H groups in total. The number of methoxy groups -OCH3 is 2. The Kier molecular flexibility index (Phi) is 6.83. The monoisotopic (exact) mass is 407 g/mol. The van der Waals surface area contributed by atoms with Crippen LogP contribution in [0, 0.1) is 5.92 Å². The van der Waals surface area contributed by atoms with Crippen molar-refractivity contribution in [3.05, 3.63) is 65.7 Å². The van der Waals surface area contributed by atoms with E-state index in [1.807, 2.05) is 54.6 Å². The summed E-state index contributed by atoms with van der Waals surface area (Å²) in [5.41, 5.74) is 1.65. The van der Waals surface area contributed by atoms with Gasteiger partial charge >= 0.3 is 0 Å². The molecule has 30 heavy (non-hydrogen) atoms. The Balaban J connectivity index is 2.04. The lowest BCUT2D eigenvalue weighted by Gasteiger charge is -2.21. The van der Waals surface area contributed by atoms with Crippen LogP contribution in [0.5, 0.6) is 17.2 Å². The SMILES string of the molecule is COc1ccc(C(CC(=O)NCC(C)C)c2ccc3c(OC)cccc3c2O)cc1. The van der Waals surface area contributed by atoms with Crippen molar-refractivity contribution in [1.82, 2.24) is 5.32 Å². The largest absolute Gasteiger partial charge is 0.507 e. The van der Waals surface area contributed by atoms with Gasteiger partial charge in [0.2, 0.25) is 5.91 Å². The van der Waals surface area contributed by atoms with E-state index in [1.165, 1.54) is 0 Å². The van der Waals surface area contributed by atoms with E-state index in [1.54, 1.807) is 14.2 Å². The number of amides is 1. The molecule has 1 atom stereocenters. The molecule has 0 saturated carbocycles. The van der Waals surface area contributed by atoms with Gasteiger partial charge in [-0.05, 0) is 29.7 Å². The van der Waals surface area contributed by atoms with Gasteiger partial charge < -0.3 is 19.9 Å². The average Bonchev–Trinajstić information content (AvgIpc) is 2.76. The van der Waals surface area contributed by atoms with E-state index in [-0.39, 0.29) is 24.0 Å². The Morgan fingerprint density at radius 1 is 0.967 bits per heavy atom. The van der Waals surface area contributed by atoms with E-state index in [0.29, 0.717) is 29.2 Å². The lowest BCUT2D eigenvalue weighted by Crippen LogP contribution is -2.28. The molecule has 0 radical (unpaired) electrons. The fourth-order valence-corrected chi connectivity index (χ4v) is 3.61. The second-order valence-electron chi connectivity index (χ2n) is 7.79. The summed E-state index contributed by atoms with van der Waals surface area (Å²) >= 11 is 0. The number of phenolic OH excluding ortho intramolecular Hbond substituents is 1. The zero-order valence-corrected chi connectivity index (χ0v) is 17.9. The maximum absolute atomic E-state index is 12.7. The number of fused-ring (bicyclic) bond motifs is 1. The molecule has 0 fully saturated rings. The van der Waals surface area contributed by atoms with Crippen LogP contribution < -0.4 is 14.8 Å². The van der Waals surface area contributed by atoms with E-state index < -0.39 is 0 Å². The summed E-state index contributed by atoms with van der Waals surface area (Å²) in [5.74, 6) is 1.64. The van der Waals surface area contributed by atoms with E-state index in [2.05, 4.69) is 19.2 Å².